The van der Waals surface area contributed by atoms with E-state index in [0.29, 0.717) is 18.7 Å². The lowest BCUT2D eigenvalue weighted by atomic mass is 10.00. The summed E-state index contributed by atoms with van der Waals surface area (Å²) in [7, 11) is 0. The zero-order valence-electron chi connectivity index (χ0n) is 15.4. The van der Waals surface area contributed by atoms with Crippen molar-refractivity contribution in [3.8, 4) is 16.9 Å². The first-order valence-electron chi connectivity index (χ1n) is 8.39. The van der Waals surface area contributed by atoms with E-state index < -0.39 is 37.6 Å². The summed E-state index contributed by atoms with van der Waals surface area (Å²) in [5, 5.41) is 40.2. The predicted molar refractivity (Wildman–Crippen MR) is 108 cm³/mol. The van der Waals surface area contributed by atoms with Crippen molar-refractivity contribution in [2.24, 2.45) is 5.73 Å². The van der Waals surface area contributed by atoms with E-state index in [-0.39, 0.29) is 0 Å². The number of nitro groups is 3. The smallest absolute Gasteiger partial charge is 0.324 e. The van der Waals surface area contributed by atoms with Crippen LogP contribution < -0.4 is 5.73 Å². The first kappa shape index (κ1) is 21.9. The molecule has 0 radical (unpaired) electrons. The van der Waals surface area contributed by atoms with Crippen LogP contribution in [0.4, 0.5) is 17.1 Å². The number of nitro benzene ring substituents is 3. The summed E-state index contributed by atoms with van der Waals surface area (Å²) in [6.07, 6.45) is 0. The fourth-order valence-electron chi connectivity index (χ4n) is 2.57. The maximum absolute atomic E-state index is 10.4. The van der Waals surface area contributed by atoms with Crippen LogP contribution in [0.5, 0.6) is 5.75 Å². The van der Waals surface area contributed by atoms with E-state index in [1.807, 2.05) is 30.3 Å². The molecule has 0 amide bonds. The average molecular weight is 412 g/mol. The second kappa shape index (κ2) is 9.71. The molecule has 0 spiro atoms. The van der Waals surface area contributed by atoms with Crippen LogP contribution in [0, 0.1) is 30.3 Å². The van der Waals surface area contributed by atoms with Crippen molar-refractivity contribution < 1.29 is 19.9 Å². The topological polar surface area (TPSA) is 176 Å². The van der Waals surface area contributed by atoms with Gasteiger partial charge in [0.1, 0.15) is 0 Å². The third kappa shape index (κ3) is 5.11. The molecule has 3 aromatic carbocycles. The number of benzene rings is 3. The van der Waals surface area contributed by atoms with Crippen LogP contribution in [-0.2, 0) is 6.54 Å². The fourth-order valence-corrected chi connectivity index (χ4v) is 2.57. The van der Waals surface area contributed by atoms with Crippen LogP contribution in [0.2, 0.25) is 0 Å². The van der Waals surface area contributed by atoms with E-state index in [2.05, 4.69) is 24.3 Å². The van der Waals surface area contributed by atoms with Gasteiger partial charge in [-0.15, -0.1) is 0 Å². The lowest BCUT2D eigenvalue weighted by Crippen LogP contribution is -1.98. The van der Waals surface area contributed by atoms with Gasteiger partial charge in [-0.3, -0.25) is 30.3 Å². The third-order valence-electron chi connectivity index (χ3n) is 3.98. The molecule has 3 rings (SSSR count). The second-order valence-electron chi connectivity index (χ2n) is 5.83. The molecule has 0 heterocycles. The first-order valence-corrected chi connectivity index (χ1v) is 8.39. The Morgan fingerprint density at radius 3 is 1.73 bits per heavy atom. The molecule has 3 N–H and O–H groups in total. The molecule has 0 aliphatic rings. The van der Waals surface area contributed by atoms with E-state index in [9.17, 15) is 30.3 Å². The molecular weight excluding hydrogens is 396 g/mol. The summed E-state index contributed by atoms with van der Waals surface area (Å²) in [5.74, 6) is -1.21. The number of aromatic hydroxyl groups is 1. The molecule has 11 heteroatoms. The summed E-state index contributed by atoms with van der Waals surface area (Å²) in [6, 6.07) is 19.5. The predicted octanol–water partition coefficient (Wildman–Crippen LogP) is 3.93. The number of nitrogens with two attached hydrogens (primary N) is 1. The van der Waals surface area contributed by atoms with Crippen LogP contribution in [-0.4, -0.2) is 19.9 Å². The number of phenolic OH excluding ortho intramolecular Hbond substituents is 1. The number of hydrogen-bond donors (Lipinski definition) is 2. The average Bonchev–Trinajstić information content (AvgIpc) is 2.74. The quantitative estimate of drug-likeness (QED) is 0.468. The van der Waals surface area contributed by atoms with Gasteiger partial charge >= 0.3 is 11.4 Å². The molecule has 30 heavy (non-hydrogen) atoms. The molecule has 0 atom stereocenters. The number of hydrogen-bond acceptors (Lipinski definition) is 8. The van der Waals surface area contributed by atoms with Crippen molar-refractivity contribution in [1.29, 1.82) is 0 Å². The van der Waals surface area contributed by atoms with Gasteiger partial charge in [-0.05, 0) is 16.7 Å². The molecule has 0 aliphatic heterocycles. The highest BCUT2D eigenvalue weighted by Gasteiger charge is 2.30. The van der Waals surface area contributed by atoms with Crippen molar-refractivity contribution in [2.75, 3.05) is 0 Å². The van der Waals surface area contributed by atoms with Crippen molar-refractivity contribution in [2.45, 2.75) is 6.54 Å². The monoisotopic (exact) mass is 412 g/mol. The van der Waals surface area contributed by atoms with Crippen molar-refractivity contribution in [1.82, 2.24) is 0 Å². The van der Waals surface area contributed by atoms with Crippen LogP contribution >= 0.6 is 0 Å². The third-order valence-corrected chi connectivity index (χ3v) is 3.98. The minimum Gasteiger partial charge on any atom is -0.497 e. The SMILES string of the molecule is NCc1ccccc1-c1ccccc1.O=[N+]([O-])c1cc([N+](=O)[O-])c(O)c([N+](=O)[O-])c1. The minimum absolute atomic E-state index is 0.447. The zero-order chi connectivity index (χ0) is 22.3. The van der Waals surface area contributed by atoms with Crippen LogP contribution in [0.1, 0.15) is 5.56 Å². The molecule has 3 aromatic rings. The number of non-ortho nitro benzene ring substituents is 1. The van der Waals surface area contributed by atoms with E-state index in [1.165, 1.54) is 16.7 Å². The minimum atomic E-state index is -1.21. The highest BCUT2D eigenvalue weighted by molar-refractivity contribution is 5.67. The van der Waals surface area contributed by atoms with E-state index in [1.54, 1.807) is 0 Å². The zero-order valence-corrected chi connectivity index (χ0v) is 15.4. The maximum atomic E-state index is 10.4. The summed E-state index contributed by atoms with van der Waals surface area (Å²) >= 11 is 0. The molecule has 0 unspecified atom stereocenters. The molecule has 0 saturated heterocycles. The Labute approximate surface area is 169 Å². The van der Waals surface area contributed by atoms with Gasteiger partial charge in [-0.1, -0.05) is 54.6 Å². The molecule has 0 aromatic heterocycles. The van der Waals surface area contributed by atoms with Crippen LogP contribution in [0.25, 0.3) is 11.1 Å². The summed E-state index contributed by atoms with van der Waals surface area (Å²) in [6.45, 7) is 0.588. The lowest BCUT2D eigenvalue weighted by Gasteiger charge is -2.06. The molecule has 0 fully saturated rings. The Kier molecular flexibility index (Phi) is 7.09. The van der Waals surface area contributed by atoms with Gasteiger partial charge in [0.25, 0.3) is 11.4 Å². The molecule has 11 nitrogen and oxygen atoms in total. The Bertz CT molecular complexity index is 1050. The second-order valence-corrected chi connectivity index (χ2v) is 5.83. The summed E-state index contributed by atoms with van der Waals surface area (Å²) in [4.78, 5) is 27.8. The molecule has 0 bridgehead atoms. The normalized spacial score (nSPS) is 9.90. The van der Waals surface area contributed by atoms with Gasteiger partial charge in [0.2, 0.25) is 0 Å². The van der Waals surface area contributed by atoms with Gasteiger partial charge < -0.3 is 10.8 Å². The number of phenols is 1. The van der Waals surface area contributed by atoms with Crippen molar-refractivity contribution >= 4 is 17.1 Å². The molecule has 0 saturated carbocycles. The van der Waals surface area contributed by atoms with Crippen LogP contribution in [0.15, 0.2) is 66.7 Å². The lowest BCUT2D eigenvalue weighted by molar-refractivity contribution is -0.404. The van der Waals surface area contributed by atoms with Gasteiger partial charge in [0.05, 0.1) is 26.9 Å². The highest BCUT2D eigenvalue weighted by atomic mass is 16.6. The van der Waals surface area contributed by atoms with Gasteiger partial charge in [0.15, 0.2) is 0 Å². The molecule has 154 valence electrons. The number of rotatable bonds is 5. The Morgan fingerprint density at radius 2 is 1.27 bits per heavy atom. The Balaban J connectivity index is 0.000000215. The highest BCUT2D eigenvalue weighted by Crippen LogP contribution is 2.38. The number of nitrogens with zero attached hydrogens (tertiary/aromatic N) is 3. The summed E-state index contributed by atoms with van der Waals surface area (Å²) in [5.41, 5.74) is 6.34. The molecule has 0 aliphatic carbocycles. The Hall–Kier alpha value is -4.38. The molecular formula is C19H16N4O7. The van der Waals surface area contributed by atoms with Gasteiger partial charge in [-0.2, -0.15) is 0 Å². The standard InChI is InChI=1S/C13H13N.C6H3N3O7/c14-10-12-8-4-5-9-13(12)11-6-2-1-3-7-11;10-6-4(8(13)14)1-3(7(11)12)2-5(6)9(15)16/h1-9H,10,14H2;1-2,10H. The van der Waals surface area contributed by atoms with E-state index in [4.69, 9.17) is 10.8 Å². The van der Waals surface area contributed by atoms with Gasteiger partial charge in [-0.25, -0.2) is 0 Å². The first-order chi connectivity index (χ1) is 14.3. The largest absolute Gasteiger partial charge is 0.497 e. The maximum Gasteiger partial charge on any atom is 0.324 e. The summed E-state index contributed by atoms with van der Waals surface area (Å²) < 4.78 is 0. The van der Waals surface area contributed by atoms with E-state index >= 15 is 0 Å². The Morgan fingerprint density at radius 1 is 0.767 bits per heavy atom. The van der Waals surface area contributed by atoms with Gasteiger partial charge in [0, 0.05) is 6.54 Å². The van der Waals surface area contributed by atoms with Crippen molar-refractivity contribution in [3.05, 3.63) is 103 Å². The van der Waals surface area contributed by atoms with E-state index in [0.717, 1.165) is 0 Å². The van der Waals surface area contributed by atoms with Crippen molar-refractivity contribution in [3.63, 3.8) is 0 Å². The van der Waals surface area contributed by atoms with Crippen LogP contribution in [0.3, 0.4) is 0 Å². The fraction of sp³-hybridized carbons (Fsp3) is 0.0526.